The number of carbonyl (C=O) groups is 1. The number of nitrogen functional groups attached to an aromatic ring is 1. The van der Waals surface area contributed by atoms with Gasteiger partial charge in [0.05, 0.1) is 22.5 Å². The van der Waals surface area contributed by atoms with Crippen LogP contribution in [0.5, 0.6) is 0 Å². The summed E-state index contributed by atoms with van der Waals surface area (Å²) in [6, 6.07) is 9.99. The molecule has 0 fully saturated rings. The second-order valence-electron chi connectivity index (χ2n) is 4.20. The van der Waals surface area contributed by atoms with Gasteiger partial charge in [-0.1, -0.05) is 18.2 Å². The number of nitrogens with one attached hydrogen (secondary N) is 1. The Morgan fingerprint density at radius 1 is 1.10 bits per heavy atom. The van der Waals surface area contributed by atoms with Gasteiger partial charge in [-0.25, -0.2) is 0 Å². The molecule has 0 aliphatic rings. The second-order valence-corrected chi connectivity index (χ2v) is 5.05. The van der Waals surface area contributed by atoms with Crippen LogP contribution in [0.2, 0.25) is 0 Å². The predicted molar refractivity (Wildman–Crippen MR) is 78.0 cm³/mol. The lowest BCUT2D eigenvalue weighted by atomic mass is 10.1. The molecular weight excluding hydrogens is 349 g/mol. The Kier molecular flexibility index (Phi) is 4.22. The van der Waals surface area contributed by atoms with Crippen LogP contribution in [0.3, 0.4) is 0 Å². The molecule has 2 aromatic carbocycles. The van der Waals surface area contributed by atoms with E-state index < -0.39 is 23.3 Å². The van der Waals surface area contributed by atoms with Crippen molar-refractivity contribution in [3.63, 3.8) is 0 Å². The molecule has 3 N–H and O–H groups in total. The van der Waals surface area contributed by atoms with Crippen molar-refractivity contribution < 1.29 is 18.0 Å². The van der Waals surface area contributed by atoms with Crippen LogP contribution in [0.1, 0.15) is 15.9 Å². The van der Waals surface area contributed by atoms with E-state index in [1.807, 2.05) is 0 Å². The summed E-state index contributed by atoms with van der Waals surface area (Å²) in [5.41, 5.74) is 4.08. The summed E-state index contributed by atoms with van der Waals surface area (Å²) in [5, 5.41) is 2.51. The molecule has 1 amide bonds. The molecule has 0 aliphatic heterocycles. The second kappa shape index (κ2) is 5.77. The van der Waals surface area contributed by atoms with Gasteiger partial charge in [-0.2, -0.15) is 13.2 Å². The normalized spacial score (nSPS) is 11.2. The van der Waals surface area contributed by atoms with Gasteiger partial charge >= 0.3 is 6.18 Å². The van der Waals surface area contributed by atoms with E-state index in [0.29, 0.717) is 10.2 Å². The first kappa shape index (κ1) is 15.4. The van der Waals surface area contributed by atoms with Gasteiger partial charge in [0.1, 0.15) is 0 Å². The highest BCUT2D eigenvalue weighted by atomic mass is 79.9. The maximum Gasteiger partial charge on any atom is 0.418 e. The number of para-hydroxylation sites is 2. The average Bonchev–Trinajstić information content (AvgIpc) is 2.40. The van der Waals surface area contributed by atoms with E-state index in [-0.39, 0.29) is 5.56 Å². The summed E-state index contributed by atoms with van der Waals surface area (Å²) in [4.78, 5) is 12.1. The van der Waals surface area contributed by atoms with Crippen LogP contribution in [0.25, 0.3) is 0 Å². The molecule has 0 aliphatic carbocycles. The Morgan fingerprint density at radius 2 is 1.76 bits per heavy atom. The Labute approximate surface area is 127 Å². The number of amides is 1. The van der Waals surface area contributed by atoms with Crippen LogP contribution in [0.15, 0.2) is 46.9 Å². The molecule has 2 rings (SSSR count). The van der Waals surface area contributed by atoms with E-state index in [1.165, 1.54) is 6.07 Å². The third-order valence-electron chi connectivity index (χ3n) is 2.78. The Hall–Kier alpha value is -2.02. The summed E-state index contributed by atoms with van der Waals surface area (Å²) in [7, 11) is 0. The first-order valence-electron chi connectivity index (χ1n) is 5.82. The Morgan fingerprint density at radius 3 is 2.38 bits per heavy atom. The maximum absolute atomic E-state index is 12.8. The molecule has 0 heterocycles. The molecule has 0 unspecified atom stereocenters. The van der Waals surface area contributed by atoms with Gasteiger partial charge in [-0.3, -0.25) is 4.79 Å². The molecule has 0 saturated carbocycles. The summed E-state index contributed by atoms with van der Waals surface area (Å²) in [6.07, 6.45) is -4.60. The Balaban J connectivity index is 2.35. The lowest BCUT2D eigenvalue weighted by molar-refractivity contribution is -0.136. The number of rotatable bonds is 2. The lowest BCUT2D eigenvalue weighted by Gasteiger charge is -2.14. The number of hydrogen-bond donors (Lipinski definition) is 2. The highest BCUT2D eigenvalue weighted by Gasteiger charge is 2.34. The molecule has 0 aromatic heterocycles. The average molecular weight is 359 g/mol. The van der Waals surface area contributed by atoms with Gasteiger partial charge in [0.25, 0.3) is 5.91 Å². The van der Waals surface area contributed by atoms with Crippen molar-refractivity contribution in [1.29, 1.82) is 0 Å². The van der Waals surface area contributed by atoms with Crippen molar-refractivity contribution in [3.8, 4) is 0 Å². The zero-order valence-electron chi connectivity index (χ0n) is 10.5. The molecule has 2 aromatic rings. The quantitative estimate of drug-likeness (QED) is 0.786. The van der Waals surface area contributed by atoms with Gasteiger partial charge in [0.15, 0.2) is 0 Å². The molecule has 0 atom stereocenters. The summed E-state index contributed by atoms with van der Waals surface area (Å²) < 4.78 is 38.9. The number of anilines is 2. The number of carbonyl (C=O) groups excluding carboxylic acids is 1. The molecule has 3 nitrogen and oxygen atoms in total. The van der Waals surface area contributed by atoms with Crippen molar-refractivity contribution in [2.45, 2.75) is 6.18 Å². The smallest absolute Gasteiger partial charge is 0.398 e. The lowest BCUT2D eigenvalue weighted by Crippen LogP contribution is -2.17. The SMILES string of the molecule is Nc1c(C(=O)Nc2ccccc2Br)cccc1C(F)(F)F. The summed E-state index contributed by atoms with van der Waals surface area (Å²) >= 11 is 3.24. The number of halogens is 4. The first-order chi connectivity index (χ1) is 9.80. The topological polar surface area (TPSA) is 55.1 Å². The zero-order chi connectivity index (χ0) is 15.6. The molecule has 0 spiro atoms. The minimum absolute atomic E-state index is 0.222. The van der Waals surface area contributed by atoms with E-state index in [2.05, 4.69) is 21.2 Å². The molecule has 0 radical (unpaired) electrons. The molecule has 21 heavy (non-hydrogen) atoms. The fourth-order valence-corrected chi connectivity index (χ4v) is 2.15. The van der Waals surface area contributed by atoms with Crippen LogP contribution < -0.4 is 11.1 Å². The largest absolute Gasteiger partial charge is 0.418 e. The van der Waals surface area contributed by atoms with Crippen LogP contribution >= 0.6 is 15.9 Å². The van der Waals surface area contributed by atoms with E-state index in [4.69, 9.17) is 5.73 Å². The highest BCUT2D eigenvalue weighted by molar-refractivity contribution is 9.10. The monoisotopic (exact) mass is 358 g/mol. The highest BCUT2D eigenvalue weighted by Crippen LogP contribution is 2.35. The standard InChI is InChI=1S/C14H10BrF3N2O/c15-10-6-1-2-7-11(10)20-13(21)8-4-3-5-9(12(8)19)14(16,17)18/h1-7H,19H2,(H,20,21). The van der Waals surface area contributed by atoms with Crippen LogP contribution in [0, 0.1) is 0 Å². The van der Waals surface area contributed by atoms with Crippen LogP contribution in [0.4, 0.5) is 24.5 Å². The summed E-state index contributed by atoms with van der Waals surface area (Å²) in [6.45, 7) is 0. The fraction of sp³-hybridized carbons (Fsp3) is 0.0714. The van der Waals surface area contributed by atoms with Gasteiger partial charge in [0.2, 0.25) is 0 Å². The molecule has 7 heteroatoms. The zero-order valence-corrected chi connectivity index (χ0v) is 12.1. The molecular formula is C14H10BrF3N2O. The summed E-state index contributed by atoms with van der Waals surface area (Å²) in [5.74, 6) is -0.703. The van der Waals surface area contributed by atoms with Crippen molar-refractivity contribution in [3.05, 3.63) is 58.1 Å². The predicted octanol–water partition coefficient (Wildman–Crippen LogP) is 4.30. The molecule has 0 saturated heterocycles. The number of benzene rings is 2. The number of hydrogen-bond acceptors (Lipinski definition) is 2. The van der Waals surface area contributed by atoms with Crippen molar-refractivity contribution in [2.24, 2.45) is 0 Å². The van der Waals surface area contributed by atoms with E-state index in [0.717, 1.165) is 12.1 Å². The molecule has 0 bridgehead atoms. The van der Waals surface area contributed by atoms with Crippen molar-refractivity contribution >= 4 is 33.2 Å². The van der Waals surface area contributed by atoms with Crippen LogP contribution in [-0.2, 0) is 6.18 Å². The van der Waals surface area contributed by atoms with Gasteiger partial charge < -0.3 is 11.1 Å². The number of nitrogens with two attached hydrogens (primary N) is 1. The third-order valence-corrected chi connectivity index (χ3v) is 3.47. The van der Waals surface area contributed by atoms with Gasteiger partial charge in [0, 0.05) is 4.47 Å². The minimum Gasteiger partial charge on any atom is -0.398 e. The van der Waals surface area contributed by atoms with Crippen molar-refractivity contribution in [2.75, 3.05) is 11.1 Å². The fourth-order valence-electron chi connectivity index (χ4n) is 1.76. The van der Waals surface area contributed by atoms with Crippen LogP contribution in [-0.4, -0.2) is 5.91 Å². The van der Waals surface area contributed by atoms with E-state index in [9.17, 15) is 18.0 Å². The van der Waals surface area contributed by atoms with Gasteiger partial charge in [-0.05, 0) is 40.2 Å². The Bertz CT molecular complexity index is 686. The maximum atomic E-state index is 12.8. The van der Waals surface area contributed by atoms with Gasteiger partial charge in [-0.15, -0.1) is 0 Å². The first-order valence-corrected chi connectivity index (χ1v) is 6.61. The van der Waals surface area contributed by atoms with Crippen molar-refractivity contribution in [1.82, 2.24) is 0 Å². The van der Waals surface area contributed by atoms with E-state index >= 15 is 0 Å². The minimum atomic E-state index is -4.60. The number of alkyl halides is 3. The molecule has 110 valence electrons. The van der Waals surface area contributed by atoms with E-state index in [1.54, 1.807) is 24.3 Å². The third kappa shape index (κ3) is 3.36.